The lowest BCUT2D eigenvalue weighted by Crippen LogP contribution is -2.12. The van der Waals surface area contributed by atoms with Crippen molar-refractivity contribution in [2.75, 3.05) is 18.1 Å². The van der Waals surface area contributed by atoms with Gasteiger partial charge in [0, 0.05) is 0 Å². The third-order valence-electron chi connectivity index (χ3n) is 1.15. The normalized spacial score (nSPS) is 13.5. The highest BCUT2D eigenvalue weighted by Gasteiger charge is 1.99. The van der Waals surface area contributed by atoms with Crippen molar-refractivity contribution < 1.29 is 10.2 Å². The van der Waals surface area contributed by atoms with Crippen molar-refractivity contribution in [2.45, 2.75) is 25.9 Å². The molecule has 0 aliphatic rings. The van der Waals surface area contributed by atoms with Crippen molar-refractivity contribution in [3.8, 4) is 0 Å². The average Bonchev–Trinajstić information content (AvgIpc) is 1.98. The number of rotatable bonds is 6. The lowest BCUT2D eigenvalue weighted by atomic mass is 10.3. The van der Waals surface area contributed by atoms with Crippen LogP contribution in [0, 0.1) is 0 Å². The fourth-order valence-corrected chi connectivity index (χ4v) is 1.49. The Labute approximate surface area is 66.6 Å². The molecule has 0 fully saturated rings. The van der Waals surface area contributed by atoms with Gasteiger partial charge in [-0.1, -0.05) is 6.92 Å². The molecule has 62 valence electrons. The van der Waals surface area contributed by atoms with Crippen LogP contribution in [0.5, 0.6) is 0 Å². The molecule has 0 saturated heterocycles. The highest BCUT2D eigenvalue weighted by atomic mass is 32.2. The molecule has 0 aliphatic heterocycles. The largest absolute Gasteiger partial charge is 0.394 e. The van der Waals surface area contributed by atoms with Gasteiger partial charge in [-0.3, -0.25) is 0 Å². The van der Waals surface area contributed by atoms with Crippen LogP contribution in [0.2, 0.25) is 0 Å². The number of aliphatic hydroxyl groups excluding tert-OH is 2. The van der Waals surface area contributed by atoms with Gasteiger partial charge < -0.3 is 10.2 Å². The van der Waals surface area contributed by atoms with E-state index in [0.29, 0.717) is 6.42 Å². The summed E-state index contributed by atoms with van der Waals surface area (Å²) in [7, 11) is 0. The Kier molecular flexibility index (Phi) is 7.58. The lowest BCUT2D eigenvalue weighted by molar-refractivity contribution is 0.0932. The van der Waals surface area contributed by atoms with E-state index < -0.39 is 6.10 Å². The highest BCUT2D eigenvalue weighted by Crippen LogP contribution is 2.05. The summed E-state index contributed by atoms with van der Waals surface area (Å²) >= 11 is 1.83. The molecule has 0 bridgehead atoms. The summed E-state index contributed by atoms with van der Waals surface area (Å²) in [5.74, 6) is 2.10. The van der Waals surface area contributed by atoms with Crippen molar-refractivity contribution in [2.24, 2.45) is 0 Å². The SMILES string of the molecule is CCCSCCC(O)CO. The van der Waals surface area contributed by atoms with Gasteiger partial charge in [0.2, 0.25) is 0 Å². The zero-order valence-electron chi connectivity index (χ0n) is 6.42. The highest BCUT2D eigenvalue weighted by molar-refractivity contribution is 7.99. The molecule has 0 aliphatic carbocycles. The molecule has 0 aromatic rings. The summed E-state index contributed by atoms with van der Waals surface area (Å²) in [6.07, 6.45) is 1.38. The number of hydrogen-bond acceptors (Lipinski definition) is 3. The van der Waals surface area contributed by atoms with Gasteiger partial charge in [0.15, 0.2) is 0 Å². The van der Waals surface area contributed by atoms with Crippen molar-refractivity contribution in [3.05, 3.63) is 0 Å². The molecule has 1 atom stereocenters. The molecule has 1 unspecified atom stereocenters. The standard InChI is InChI=1S/C7H16O2S/c1-2-4-10-5-3-7(9)6-8/h7-9H,2-6H2,1H3. The topological polar surface area (TPSA) is 40.5 Å². The molecule has 0 radical (unpaired) electrons. The molecule has 0 aromatic heterocycles. The Morgan fingerprint density at radius 3 is 2.60 bits per heavy atom. The van der Waals surface area contributed by atoms with E-state index in [9.17, 15) is 0 Å². The quantitative estimate of drug-likeness (QED) is 0.572. The van der Waals surface area contributed by atoms with Crippen molar-refractivity contribution in [1.29, 1.82) is 0 Å². The average molecular weight is 164 g/mol. The van der Waals surface area contributed by atoms with Crippen LogP contribution in [0.4, 0.5) is 0 Å². The Morgan fingerprint density at radius 1 is 1.40 bits per heavy atom. The minimum Gasteiger partial charge on any atom is -0.394 e. The van der Waals surface area contributed by atoms with Gasteiger partial charge in [-0.2, -0.15) is 11.8 Å². The minimum absolute atomic E-state index is 0.104. The predicted molar refractivity (Wildman–Crippen MR) is 45.3 cm³/mol. The number of aliphatic hydroxyl groups is 2. The van der Waals surface area contributed by atoms with Gasteiger partial charge in [-0.15, -0.1) is 0 Å². The monoisotopic (exact) mass is 164 g/mol. The van der Waals surface area contributed by atoms with Crippen LogP contribution in [-0.2, 0) is 0 Å². The molecule has 0 saturated carbocycles. The van der Waals surface area contributed by atoms with Gasteiger partial charge in [-0.25, -0.2) is 0 Å². The van der Waals surface area contributed by atoms with E-state index in [1.807, 2.05) is 11.8 Å². The Hall–Kier alpha value is 0.270. The first-order valence-corrected chi connectivity index (χ1v) is 4.83. The maximum atomic E-state index is 8.89. The smallest absolute Gasteiger partial charge is 0.0778 e. The van der Waals surface area contributed by atoms with E-state index in [-0.39, 0.29) is 6.61 Å². The van der Waals surface area contributed by atoms with E-state index in [1.54, 1.807) is 0 Å². The fourth-order valence-electron chi connectivity index (χ4n) is 0.557. The van der Waals surface area contributed by atoms with E-state index in [4.69, 9.17) is 10.2 Å². The van der Waals surface area contributed by atoms with Crippen LogP contribution < -0.4 is 0 Å². The molecular formula is C7H16O2S. The molecule has 0 amide bonds. The maximum Gasteiger partial charge on any atom is 0.0778 e. The molecule has 0 aromatic carbocycles. The van der Waals surface area contributed by atoms with E-state index >= 15 is 0 Å². The molecule has 3 heteroatoms. The van der Waals surface area contributed by atoms with Gasteiger partial charge in [0.05, 0.1) is 12.7 Å². The second-order valence-corrected chi connectivity index (χ2v) is 3.46. The summed E-state index contributed by atoms with van der Waals surface area (Å²) < 4.78 is 0. The minimum atomic E-state index is -0.510. The molecule has 2 nitrogen and oxygen atoms in total. The summed E-state index contributed by atoms with van der Waals surface area (Å²) in [5.41, 5.74) is 0. The molecule has 0 spiro atoms. The van der Waals surface area contributed by atoms with Gasteiger partial charge in [-0.05, 0) is 24.3 Å². The number of thioether (sulfide) groups is 1. The Bertz CT molecular complexity index is 68.6. The molecule has 2 N–H and O–H groups in total. The van der Waals surface area contributed by atoms with Crippen molar-refractivity contribution >= 4 is 11.8 Å². The van der Waals surface area contributed by atoms with Crippen molar-refractivity contribution in [3.63, 3.8) is 0 Å². The summed E-state index contributed by atoms with van der Waals surface area (Å²) in [5, 5.41) is 17.3. The zero-order valence-corrected chi connectivity index (χ0v) is 7.23. The molecule has 10 heavy (non-hydrogen) atoms. The van der Waals surface area contributed by atoms with E-state index in [2.05, 4.69) is 6.92 Å². The van der Waals surface area contributed by atoms with Crippen molar-refractivity contribution in [1.82, 2.24) is 0 Å². The van der Waals surface area contributed by atoms with E-state index in [0.717, 1.165) is 11.5 Å². The van der Waals surface area contributed by atoms with Crippen LogP contribution in [0.25, 0.3) is 0 Å². The van der Waals surface area contributed by atoms with Crippen LogP contribution >= 0.6 is 11.8 Å². The second kappa shape index (κ2) is 7.38. The molecular weight excluding hydrogens is 148 g/mol. The third kappa shape index (κ3) is 6.39. The van der Waals surface area contributed by atoms with E-state index in [1.165, 1.54) is 6.42 Å². The lowest BCUT2D eigenvalue weighted by Gasteiger charge is -2.04. The number of hydrogen-bond donors (Lipinski definition) is 2. The first kappa shape index (κ1) is 10.3. The van der Waals surface area contributed by atoms with Crippen LogP contribution in [-0.4, -0.2) is 34.4 Å². The van der Waals surface area contributed by atoms with Crippen LogP contribution in [0.15, 0.2) is 0 Å². The second-order valence-electron chi connectivity index (χ2n) is 2.24. The third-order valence-corrected chi connectivity index (χ3v) is 2.38. The Balaban J connectivity index is 2.89. The van der Waals surface area contributed by atoms with Gasteiger partial charge in [0.1, 0.15) is 0 Å². The predicted octanol–water partition coefficient (Wildman–Crippen LogP) is 0.873. The molecule has 0 heterocycles. The van der Waals surface area contributed by atoms with Gasteiger partial charge >= 0.3 is 0 Å². The first-order valence-electron chi connectivity index (χ1n) is 3.68. The first-order chi connectivity index (χ1) is 4.81. The zero-order chi connectivity index (χ0) is 7.82. The van der Waals surface area contributed by atoms with Gasteiger partial charge in [0.25, 0.3) is 0 Å². The molecule has 0 rings (SSSR count). The summed E-state index contributed by atoms with van der Waals surface area (Å²) in [4.78, 5) is 0. The summed E-state index contributed by atoms with van der Waals surface area (Å²) in [6.45, 7) is 2.03. The van der Waals surface area contributed by atoms with Crippen LogP contribution in [0.1, 0.15) is 19.8 Å². The Morgan fingerprint density at radius 2 is 2.10 bits per heavy atom. The summed E-state index contributed by atoms with van der Waals surface area (Å²) in [6, 6.07) is 0. The maximum absolute atomic E-state index is 8.89. The van der Waals surface area contributed by atoms with Crippen LogP contribution in [0.3, 0.4) is 0 Å². The fraction of sp³-hybridized carbons (Fsp3) is 1.00.